The first-order valence-electron chi connectivity index (χ1n) is 12.3. The van der Waals surface area contributed by atoms with Crippen molar-refractivity contribution in [1.29, 1.82) is 0 Å². The maximum Gasteiger partial charge on any atom is 0.264 e. The molecule has 0 amide bonds. The summed E-state index contributed by atoms with van der Waals surface area (Å²) in [6, 6.07) is 13.4. The first-order valence-corrected chi connectivity index (χ1v) is 16.7. The van der Waals surface area contributed by atoms with Gasteiger partial charge in [0.05, 0.1) is 17.8 Å². The number of rotatable bonds is 13. The van der Waals surface area contributed by atoms with Gasteiger partial charge in [0.15, 0.2) is 22.5 Å². The predicted molar refractivity (Wildman–Crippen MR) is 156 cm³/mol. The van der Waals surface area contributed by atoms with Crippen LogP contribution in [-0.2, 0) is 25.5 Å². The van der Waals surface area contributed by atoms with Crippen molar-refractivity contribution in [3.05, 3.63) is 54.1 Å². The van der Waals surface area contributed by atoms with Crippen LogP contribution in [0.4, 0.5) is 5.82 Å². The molecule has 0 saturated heterocycles. The summed E-state index contributed by atoms with van der Waals surface area (Å²) in [4.78, 5) is 8.74. The van der Waals surface area contributed by atoms with Crippen LogP contribution in [0.25, 0.3) is 0 Å². The summed E-state index contributed by atoms with van der Waals surface area (Å²) in [5.74, 6) is 0.204. The number of sulfonamides is 2. The quantitative estimate of drug-likeness (QED) is 0.162. The standard InChI is InChI=1S/C26H34N4O7S3/c1-7-39(31,32)27-16-17-36-24-22(37-21-11-9-8-10-20(21)35-5)23(28-25(29-24)38-6)30-40(33,34)19-14-12-18(13-15-19)26(2,3)4/h8-15,27H,7,16-17H2,1-6H3,(H,28,29,30). The molecule has 0 radical (unpaired) electrons. The average molecular weight is 611 g/mol. The molecule has 1 aromatic heterocycles. The number of hydrogen-bond acceptors (Lipinski definition) is 10. The minimum atomic E-state index is -4.10. The Morgan fingerprint density at radius 2 is 1.60 bits per heavy atom. The van der Waals surface area contributed by atoms with E-state index in [1.165, 1.54) is 26.2 Å². The fourth-order valence-electron chi connectivity index (χ4n) is 3.34. The Hall–Kier alpha value is -3.07. The van der Waals surface area contributed by atoms with Gasteiger partial charge in [-0.15, -0.1) is 0 Å². The molecule has 3 rings (SSSR count). The first-order chi connectivity index (χ1) is 18.8. The molecule has 0 aliphatic carbocycles. The molecule has 3 aromatic rings. The lowest BCUT2D eigenvalue weighted by Gasteiger charge is -2.20. The SMILES string of the molecule is CCS(=O)(=O)NCCOc1nc(SC)nc(NS(=O)(=O)c2ccc(C(C)(C)C)cc2)c1Oc1ccccc1OC. The van der Waals surface area contributed by atoms with Crippen LogP contribution in [0.1, 0.15) is 33.3 Å². The number of aromatic nitrogens is 2. The van der Waals surface area contributed by atoms with E-state index in [1.54, 1.807) is 42.7 Å². The molecular weight excluding hydrogens is 577 g/mol. The van der Waals surface area contributed by atoms with E-state index in [2.05, 4.69) is 19.4 Å². The molecule has 40 heavy (non-hydrogen) atoms. The van der Waals surface area contributed by atoms with Gasteiger partial charge in [0, 0.05) is 6.54 Å². The molecule has 0 spiro atoms. The van der Waals surface area contributed by atoms with Gasteiger partial charge in [0.1, 0.15) is 6.61 Å². The first kappa shape index (κ1) is 31.5. The summed E-state index contributed by atoms with van der Waals surface area (Å²) >= 11 is 1.16. The number of anilines is 1. The third kappa shape index (κ3) is 8.22. The number of ether oxygens (including phenoxy) is 3. The van der Waals surface area contributed by atoms with Crippen LogP contribution in [0, 0.1) is 0 Å². The van der Waals surface area contributed by atoms with Crippen LogP contribution in [0.5, 0.6) is 23.1 Å². The van der Waals surface area contributed by atoms with E-state index in [4.69, 9.17) is 14.2 Å². The Balaban J connectivity index is 2.04. The van der Waals surface area contributed by atoms with Crippen LogP contribution in [-0.4, -0.2) is 59.1 Å². The molecule has 2 aromatic carbocycles. The average Bonchev–Trinajstić information content (AvgIpc) is 2.92. The molecule has 0 fully saturated rings. The molecule has 0 aliphatic heterocycles. The Morgan fingerprint density at radius 1 is 0.950 bits per heavy atom. The molecule has 0 atom stereocenters. The third-order valence-corrected chi connectivity index (χ3v) is 8.89. The van der Waals surface area contributed by atoms with E-state index in [0.29, 0.717) is 5.75 Å². The Morgan fingerprint density at radius 3 is 2.17 bits per heavy atom. The zero-order chi connectivity index (χ0) is 29.6. The van der Waals surface area contributed by atoms with Gasteiger partial charge >= 0.3 is 0 Å². The largest absolute Gasteiger partial charge is 0.493 e. The van der Waals surface area contributed by atoms with E-state index in [-0.39, 0.29) is 57.6 Å². The van der Waals surface area contributed by atoms with Crippen LogP contribution in [0.2, 0.25) is 0 Å². The van der Waals surface area contributed by atoms with Gasteiger partial charge in [-0.1, -0.05) is 56.8 Å². The van der Waals surface area contributed by atoms with Crippen molar-refractivity contribution in [2.45, 2.75) is 43.2 Å². The van der Waals surface area contributed by atoms with E-state index >= 15 is 0 Å². The van der Waals surface area contributed by atoms with Crippen molar-refractivity contribution in [3.63, 3.8) is 0 Å². The monoisotopic (exact) mass is 610 g/mol. The highest BCUT2D eigenvalue weighted by Gasteiger charge is 2.25. The van der Waals surface area contributed by atoms with Crippen molar-refractivity contribution >= 4 is 37.6 Å². The lowest BCUT2D eigenvalue weighted by Crippen LogP contribution is -2.29. The van der Waals surface area contributed by atoms with E-state index < -0.39 is 20.0 Å². The highest BCUT2D eigenvalue weighted by atomic mass is 32.2. The summed E-state index contributed by atoms with van der Waals surface area (Å²) in [7, 11) is -6.07. The number of para-hydroxylation sites is 2. The molecule has 0 unspecified atom stereocenters. The van der Waals surface area contributed by atoms with Crippen LogP contribution < -0.4 is 23.7 Å². The molecule has 0 aliphatic rings. The maximum absolute atomic E-state index is 13.4. The van der Waals surface area contributed by atoms with Gasteiger partial charge in [-0.05, 0) is 48.4 Å². The van der Waals surface area contributed by atoms with Crippen molar-refractivity contribution in [3.8, 4) is 23.1 Å². The summed E-state index contributed by atoms with van der Waals surface area (Å²) in [5.41, 5.74) is 0.830. The van der Waals surface area contributed by atoms with Gasteiger partial charge in [-0.3, -0.25) is 4.72 Å². The van der Waals surface area contributed by atoms with E-state index in [9.17, 15) is 16.8 Å². The van der Waals surface area contributed by atoms with Crippen LogP contribution in [0.3, 0.4) is 0 Å². The second-order valence-corrected chi connectivity index (χ2v) is 14.0. The van der Waals surface area contributed by atoms with Crippen molar-refractivity contribution < 1.29 is 31.0 Å². The van der Waals surface area contributed by atoms with Gasteiger partial charge in [0.25, 0.3) is 15.9 Å². The number of hydrogen-bond donors (Lipinski definition) is 2. The maximum atomic E-state index is 13.4. The number of benzene rings is 2. The van der Waals surface area contributed by atoms with Crippen molar-refractivity contribution in [2.24, 2.45) is 0 Å². The van der Waals surface area contributed by atoms with Gasteiger partial charge in [-0.2, -0.15) is 4.98 Å². The fourth-order valence-corrected chi connectivity index (χ4v) is 5.30. The number of nitrogens with zero attached hydrogens (tertiary/aromatic N) is 2. The summed E-state index contributed by atoms with van der Waals surface area (Å²) < 4.78 is 72.6. The predicted octanol–water partition coefficient (Wildman–Crippen LogP) is 4.42. The van der Waals surface area contributed by atoms with E-state index in [0.717, 1.165) is 17.3 Å². The highest BCUT2D eigenvalue weighted by Crippen LogP contribution is 2.41. The number of methoxy groups -OCH3 is 1. The van der Waals surface area contributed by atoms with Crippen LogP contribution in [0.15, 0.2) is 58.6 Å². The van der Waals surface area contributed by atoms with Crippen molar-refractivity contribution in [2.75, 3.05) is 37.0 Å². The number of nitrogens with one attached hydrogen (secondary N) is 2. The van der Waals surface area contributed by atoms with Crippen molar-refractivity contribution in [1.82, 2.24) is 14.7 Å². The Bertz CT molecular complexity index is 1520. The fraction of sp³-hybridized carbons (Fsp3) is 0.385. The second kappa shape index (κ2) is 13.1. The minimum absolute atomic E-state index is 0.0319. The molecule has 1 heterocycles. The lowest BCUT2D eigenvalue weighted by molar-refractivity contribution is 0.288. The molecule has 14 heteroatoms. The van der Waals surface area contributed by atoms with Gasteiger partial charge in [-0.25, -0.2) is 26.5 Å². The molecule has 11 nitrogen and oxygen atoms in total. The zero-order valence-corrected chi connectivity index (χ0v) is 25.7. The molecular formula is C26H34N4O7S3. The summed E-state index contributed by atoms with van der Waals surface area (Å²) in [6.07, 6.45) is 1.72. The lowest BCUT2D eigenvalue weighted by atomic mass is 9.87. The molecule has 218 valence electrons. The van der Waals surface area contributed by atoms with Crippen LogP contribution >= 0.6 is 11.8 Å². The molecule has 0 bridgehead atoms. The van der Waals surface area contributed by atoms with Gasteiger partial charge < -0.3 is 14.2 Å². The second-order valence-electron chi connectivity index (χ2n) is 9.47. The summed E-state index contributed by atoms with van der Waals surface area (Å²) in [6.45, 7) is 7.49. The number of thioether (sulfide) groups is 1. The van der Waals surface area contributed by atoms with Gasteiger partial charge in [0.2, 0.25) is 15.8 Å². The normalized spacial score (nSPS) is 12.2. The smallest absolute Gasteiger partial charge is 0.264 e. The molecule has 2 N–H and O–H groups in total. The topological polar surface area (TPSA) is 146 Å². The Labute approximate surface area is 240 Å². The highest BCUT2D eigenvalue weighted by molar-refractivity contribution is 7.98. The zero-order valence-electron chi connectivity index (χ0n) is 23.2. The third-order valence-electron chi connectivity index (χ3n) is 5.58. The minimum Gasteiger partial charge on any atom is -0.493 e. The Kier molecular flexibility index (Phi) is 10.3. The molecule has 0 saturated carbocycles. The van der Waals surface area contributed by atoms with E-state index in [1.807, 2.05) is 20.8 Å². The summed E-state index contributed by atoms with van der Waals surface area (Å²) in [5, 5.41) is 0.206.